The molecule has 0 radical (unpaired) electrons. The standard InChI is InChI=1S/C28H24N4O4S/c33-24(30-20-6-2-1-3-7-20)15-17-32-26(25(31-28(32)37)21-8-4-5-16-29-21)23-14-13-22(36-23)18-9-11-19(12-10-18)27(34)35/h1-14,16,25-26H,15,17H2,(H,30,33)(H,31,37)(H,34,35)/t25-,26+/m0/s1. The van der Waals surface area contributed by atoms with Gasteiger partial charge in [0.25, 0.3) is 0 Å². The highest BCUT2D eigenvalue weighted by molar-refractivity contribution is 7.80. The predicted molar refractivity (Wildman–Crippen MR) is 143 cm³/mol. The lowest BCUT2D eigenvalue weighted by Crippen LogP contribution is -2.32. The number of rotatable bonds is 8. The highest BCUT2D eigenvalue weighted by Gasteiger charge is 2.41. The first-order valence-electron chi connectivity index (χ1n) is 11.8. The van der Waals surface area contributed by atoms with Gasteiger partial charge in [-0.2, -0.15) is 0 Å². The Morgan fingerprint density at radius 3 is 2.46 bits per heavy atom. The number of hydrogen-bond donors (Lipinski definition) is 3. The lowest BCUT2D eigenvalue weighted by atomic mass is 10.0. The maximum atomic E-state index is 12.7. The molecule has 1 aliphatic rings. The van der Waals surface area contributed by atoms with Crippen molar-refractivity contribution >= 4 is 34.9 Å². The van der Waals surface area contributed by atoms with E-state index >= 15 is 0 Å². The van der Waals surface area contributed by atoms with E-state index in [9.17, 15) is 14.7 Å². The van der Waals surface area contributed by atoms with Crippen LogP contribution in [0.1, 0.15) is 40.3 Å². The molecule has 0 saturated carbocycles. The summed E-state index contributed by atoms with van der Waals surface area (Å²) in [6.45, 7) is 0.377. The minimum absolute atomic E-state index is 0.118. The molecular weight excluding hydrogens is 488 g/mol. The van der Waals surface area contributed by atoms with Crippen LogP contribution < -0.4 is 10.6 Å². The monoisotopic (exact) mass is 512 g/mol. The molecule has 37 heavy (non-hydrogen) atoms. The number of pyridine rings is 1. The second kappa shape index (κ2) is 10.6. The molecule has 5 rings (SSSR count). The van der Waals surface area contributed by atoms with Gasteiger partial charge in [0.1, 0.15) is 17.6 Å². The Morgan fingerprint density at radius 2 is 1.76 bits per heavy atom. The van der Waals surface area contributed by atoms with Crippen molar-refractivity contribution in [2.45, 2.75) is 18.5 Å². The van der Waals surface area contributed by atoms with Crippen LogP contribution in [0.25, 0.3) is 11.3 Å². The van der Waals surface area contributed by atoms with Gasteiger partial charge in [0.2, 0.25) is 5.91 Å². The number of carbonyl (C=O) groups excluding carboxylic acids is 1. The summed E-state index contributed by atoms with van der Waals surface area (Å²) < 4.78 is 6.27. The molecule has 1 aliphatic heterocycles. The molecule has 3 heterocycles. The molecule has 0 unspecified atom stereocenters. The molecule has 1 fully saturated rings. The van der Waals surface area contributed by atoms with E-state index in [0.717, 1.165) is 16.9 Å². The average Bonchev–Trinajstić information content (AvgIpc) is 3.53. The van der Waals surface area contributed by atoms with Gasteiger partial charge in [-0.05, 0) is 60.7 Å². The molecule has 0 bridgehead atoms. The Balaban J connectivity index is 1.40. The molecule has 2 atom stereocenters. The number of nitrogens with one attached hydrogen (secondary N) is 2. The highest BCUT2D eigenvalue weighted by atomic mass is 32.1. The molecule has 3 N–H and O–H groups in total. The Morgan fingerprint density at radius 1 is 1.00 bits per heavy atom. The van der Waals surface area contributed by atoms with Crippen LogP contribution >= 0.6 is 12.2 Å². The van der Waals surface area contributed by atoms with Gasteiger partial charge in [0.15, 0.2) is 5.11 Å². The van der Waals surface area contributed by atoms with Gasteiger partial charge >= 0.3 is 5.97 Å². The number of benzene rings is 2. The summed E-state index contributed by atoms with van der Waals surface area (Å²) in [4.78, 5) is 30.3. The van der Waals surface area contributed by atoms with Crippen LogP contribution in [-0.4, -0.2) is 38.5 Å². The SMILES string of the molecule is O=C(CCN1C(=S)N[C@@H](c2ccccn2)[C@H]1c1ccc(-c2ccc(C(=O)O)cc2)o1)Nc1ccccc1. The zero-order valence-electron chi connectivity index (χ0n) is 19.7. The number of aromatic nitrogens is 1. The lowest BCUT2D eigenvalue weighted by molar-refractivity contribution is -0.116. The summed E-state index contributed by atoms with van der Waals surface area (Å²) in [6, 6.07) is 24.6. The number of para-hydroxylation sites is 1. The highest BCUT2D eigenvalue weighted by Crippen LogP contribution is 2.40. The number of amides is 1. The third-order valence-electron chi connectivity index (χ3n) is 6.17. The zero-order chi connectivity index (χ0) is 25.8. The first-order valence-corrected chi connectivity index (χ1v) is 12.2. The van der Waals surface area contributed by atoms with E-state index in [1.807, 2.05) is 65.6 Å². The summed E-state index contributed by atoms with van der Waals surface area (Å²) >= 11 is 5.67. The molecular formula is C28H24N4O4S. The number of hydrogen-bond acceptors (Lipinski definition) is 5. The molecule has 9 heteroatoms. The van der Waals surface area contributed by atoms with Crippen molar-refractivity contribution in [2.75, 3.05) is 11.9 Å². The van der Waals surface area contributed by atoms with Gasteiger partial charge < -0.3 is 25.1 Å². The Kier molecular flexibility index (Phi) is 6.96. The number of furan rings is 1. The Hall–Kier alpha value is -4.50. The van der Waals surface area contributed by atoms with Crippen molar-refractivity contribution < 1.29 is 19.1 Å². The first-order chi connectivity index (χ1) is 18.0. The predicted octanol–water partition coefficient (Wildman–Crippen LogP) is 5.04. The number of carboxylic acids is 1. The van der Waals surface area contributed by atoms with Crippen molar-refractivity contribution in [1.82, 2.24) is 15.2 Å². The number of carbonyl (C=O) groups is 2. The lowest BCUT2D eigenvalue weighted by Gasteiger charge is -2.25. The third kappa shape index (κ3) is 5.36. The number of thiocarbonyl (C=S) groups is 1. The average molecular weight is 513 g/mol. The van der Waals surface area contributed by atoms with Gasteiger partial charge in [0.05, 0.1) is 17.3 Å². The summed E-state index contributed by atoms with van der Waals surface area (Å²) in [5, 5.41) is 15.9. The van der Waals surface area contributed by atoms with E-state index in [0.29, 0.717) is 23.2 Å². The molecule has 0 aliphatic carbocycles. The van der Waals surface area contributed by atoms with Crippen molar-refractivity contribution in [1.29, 1.82) is 0 Å². The molecule has 0 spiro atoms. The van der Waals surface area contributed by atoms with E-state index in [-0.39, 0.29) is 30.0 Å². The van der Waals surface area contributed by atoms with Crippen molar-refractivity contribution in [3.63, 3.8) is 0 Å². The number of anilines is 1. The van der Waals surface area contributed by atoms with E-state index in [1.54, 1.807) is 30.5 Å². The number of aromatic carboxylic acids is 1. The molecule has 186 valence electrons. The quantitative estimate of drug-likeness (QED) is 0.282. The van der Waals surface area contributed by atoms with Gasteiger partial charge in [-0.15, -0.1) is 0 Å². The maximum Gasteiger partial charge on any atom is 0.335 e. The van der Waals surface area contributed by atoms with E-state index in [1.165, 1.54) is 0 Å². The van der Waals surface area contributed by atoms with Crippen molar-refractivity contribution in [3.8, 4) is 11.3 Å². The van der Waals surface area contributed by atoms with Crippen LogP contribution in [0, 0.1) is 0 Å². The van der Waals surface area contributed by atoms with E-state index < -0.39 is 5.97 Å². The second-order valence-electron chi connectivity index (χ2n) is 8.57. The van der Waals surface area contributed by atoms with E-state index in [4.69, 9.17) is 16.6 Å². The van der Waals surface area contributed by atoms with Gasteiger partial charge in [0, 0.05) is 30.4 Å². The first kappa shape index (κ1) is 24.2. The Bertz CT molecular complexity index is 1410. The van der Waals surface area contributed by atoms with Gasteiger partial charge in [-0.1, -0.05) is 36.4 Å². The van der Waals surface area contributed by atoms with Crippen LogP contribution in [0.2, 0.25) is 0 Å². The minimum Gasteiger partial charge on any atom is -0.478 e. The Labute approximate surface area is 219 Å². The number of carboxylic acid groups (broad SMARTS) is 1. The fourth-order valence-electron chi connectivity index (χ4n) is 4.37. The fraction of sp³-hybridized carbons (Fsp3) is 0.143. The second-order valence-corrected chi connectivity index (χ2v) is 8.96. The van der Waals surface area contributed by atoms with E-state index in [2.05, 4.69) is 15.6 Å². The van der Waals surface area contributed by atoms with Crippen LogP contribution in [0.5, 0.6) is 0 Å². The topological polar surface area (TPSA) is 108 Å². The maximum absolute atomic E-state index is 12.7. The van der Waals surface area contributed by atoms with Crippen LogP contribution in [0.4, 0.5) is 5.69 Å². The molecule has 4 aromatic rings. The molecule has 2 aromatic heterocycles. The summed E-state index contributed by atoms with van der Waals surface area (Å²) in [7, 11) is 0. The number of nitrogens with zero attached hydrogens (tertiary/aromatic N) is 2. The van der Waals surface area contributed by atoms with Gasteiger partial charge in [-0.3, -0.25) is 9.78 Å². The molecule has 1 saturated heterocycles. The third-order valence-corrected chi connectivity index (χ3v) is 6.52. The molecule has 8 nitrogen and oxygen atoms in total. The van der Waals surface area contributed by atoms with Gasteiger partial charge in [-0.25, -0.2) is 4.79 Å². The normalized spacial score (nSPS) is 16.9. The fourth-order valence-corrected chi connectivity index (χ4v) is 4.70. The van der Waals surface area contributed by atoms with Crippen LogP contribution in [0.3, 0.4) is 0 Å². The largest absolute Gasteiger partial charge is 0.478 e. The van der Waals surface area contributed by atoms with Crippen LogP contribution in [0.15, 0.2) is 95.5 Å². The smallest absolute Gasteiger partial charge is 0.335 e. The summed E-state index contributed by atoms with van der Waals surface area (Å²) in [5.41, 5.74) is 2.50. The minimum atomic E-state index is -0.984. The molecule has 1 amide bonds. The zero-order valence-corrected chi connectivity index (χ0v) is 20.5. The summed E-state index contributed by atoms with van der Waals surface area (Å²) in [6.07, 6.45) is 1.96. The summed E-state index contributed by atoms with van der Waals surface area (Å²) in [5.74, 6) is 0.158. The van der Waals surface area contributed by atoms with Crippen molar-refractivity contribution in [2.24, 2.45) is 0 Å². The van der Waals surface area contributed by atoms with Crippen LogP contribution in [-0.2, 0) is 4.79 Å². The van der Waals surface area contributed by atoms with Crippen molar-refractivity contribution in [3.05, 3.63) is 108 Å². The molecule has 2 aromatic carbocycles.